The van der Waals surface area contributed by atoms with Gasteiger partial charge in [-0.25, -0.2) is 4.39 Å². The van der Waals surface area contributed by atoms with E-state index in [9.17, 15) is 17.6 Å². The second kappa shape index (κ2) is 8.96. The molecule has 0 radical (unpaired) electrons. The van der Waals surface area contributed by atoms with Crippen molar-refractivity contribution in [2.45, 2.75) is 6.54 Å². The zero-order valence-corrected chi connectivity index (χ0v) is 16.4. The van der Waals surface area contributed by atoms with E-state index in [1.807, 2.05) is 19.0 Å². The van der Waals surface area contributed by atoms with Crippen LogP contribution in [0.1, 0.15) is 15.9 Å². The number of amides is 1. The third kappa shape index (κ3) is 6.99. The Morgan fingerprint density at radius 3 is 2.41 bits per heavy atom. The number of rotatable bonds is 8. The molecule has 8 heteroatoms. The molecule has 27 heavy (non-hydrogen) atoms. The number of hydrogen-bond acceptors (Lipinski definition) is 5. The van der Waals surface area contributed by atoms with Crippen molar-refractivity contribution in [1.82, 2.24) is 9.80 Å². The molecule has 1 amide bonds. The van der Waals surface area contributed by atoms with E-state index < -0.39 is 15.9 Å². The van der Waals surface area contributed by atoms with E-state index in [-0.39, 0.29) is 23.8 Å². The summed E-state index contributed by atoms with van der Waals surface area (Å²) in [6.07, 6.45) is 0.969. The Hall–Kier alpha value is -2.45. The lowest BCUT2D eigenvalue weighted by Gasteiger charge is -2.25. The number of benzene rings is 2. The van der Waals surface area contributed by atoms with E-state index in [1.54, 1.807) is 29.2 Å². The molecule has 0 saturated heterocycles. The zero-order chi connectivity index (χ0) is 20.0. The average molecular weight is 394 g/mol. The van der Waals surface area contributed by atoms with Gasteiger partial charge in [-0.3, -0.25) is 4.79 Å². The summed E-state index contributed by atoms with van der Waals surface area (Å²) in [7, 11) is 0.152. The van der Waals surface area contributed by atoms with Crippen molar-refractivity contribution in [3.05, 3.63) is 65.5 Å². The van der Waals surface area contributed by atoms with Crippen molar-refractivity contribution in [2.75, 3.05) is 33.4 Å². The Balaban J connectivity index is 2.24. The second-order valence-corrected chi connectivity index (χ2v) is 8.05. The summed E-state index contributed by atoms with van der Waals surface area (Å²) < 4.78 is 41.0. The molecule has 6 nitrogen and oxygen atoms in total. The first kappa shape index (κ1) is 20.9. The molecule has 0 aliphatic heterocycles. The molecule has 0 spiro atoms. The predicted molar refractivity (Wildman–Crippen MR) is 102 cm³/mol. The smallest absolute Gasteiger partial charge is 0.306 e. The highest BCUT2D eigenvalue weighted by molar-refractivity contribution is 7.86. The summed E-state index contributed by atoms with van der Waals surface area (Å²) in [5, 5.41) is 0. The van der Waals surface area contributed by atoms with Gasteiger partial charge in [-0.1, -0.05) is 18.2 Å². The third-order valence-electron chi connectivity index (χ3n) is 3.70. The summed E-state index contributed by atoms with van der Waals surface area (Å²) in [5.74, 6) is -0.594. The zero-order valence-electron chi connectivity index (χ0n) is 15.6. The Kier molecular flexibility index (Phi) is 6.92. The SMILES string of the molecule is CN(C)CCN(Cc1cccc(OS(C)(=O)=O)c1)C(=O)c1cccc(F)c1. The van der Waals surface area contributed by atoms with Gasteiger partial charge in [0, 0.05) is 25.2 Å². The van der Waals surface area contributed by atoms with Gasteiger partial charge in [0.1, 0.15) is 11.6 Å². The van der Waals surface area contributed by atoms with Crippen LogP contribution in [0.4, 0.5) is 4.39 Å². The molecule has 2 rings (SSSR count). The highest BCUT2D eigenvalue weighted by atomic mass is 32.2. The van der Waals surface area contributed by atoms with E-state index in [0.29, 0.717) is 18.7 Å². The first-order chi connectivity index (χ1) is 12.6. The summed E-state index contributed by atoms with van der Waals surface area (Å²) in [4.78, 5) is 16.4. The lowest BCUT2D eigenvalue weighted by Crippen LogP contribution is -2.36. The fourth-order valence-corrected chi connectivity index (χ4v) is 2.92. The molecule has 0 atom stereocenters. The van der Waals surface area contributed by atoms with Gasteiger partial charge in [0.25, 0.3) is 5.91 Å². The highest BCUT2D eigenvalue weighted by Gasteiger charge is 2.17. The lowest BCUT2D eigenvalue weighted by atomic mass is 10.1. The molecule has 2 aromatic carbocycles. The molecule has 2 aromatic rings. The van der Waals surface area contributed by atoms with Gasteiger partial charge in [0.2, 0.25) is 0 Å². The quantitative estimate of drug-likeness (QED) is 0.643. The molecule has 0 fully saturated rings. The monoisotopic (exact) mass is 394 g/mol. The van der Waals surface area contributed by atoms with Crippen LogP contribution in [-0.4, -0.2) is 57.6 Å². The standard InChI is InChI=1S/C19H23FN2O4S/c1-21(2)10-11-22(19(23)16-7-5-8-17(20)13-16)14-15-6-4-9-18(12-15)26-27(3,24)25/h4-9,12-13H,10-11,14H2,1-3H3. The third-order valence-corrected chi connectivity index (χ3v) is 4.19. The van der Waals surface area contributed by atoms with Crippen molar-refractivity contribution < 1.29 is 21.8 Å². The molecule has 146 valence electrons. The van der Waals surface area contributed by atoms with Crippen LogP contribution in [0.5, 0.6) is 5.75 Å². The first-order valence-electron chi connectivity index (χ1n) is 8.32. The second-order valence-electron chi connectivity index (χ2n) is 6.48. The van der Waals surface area contributed by atoms with Crippen LogP contribution in [0.2, 0.25) is 0 Å². The number of hydrogen-bond donors (Lipinski definition) is 0. The Bertz CT molecular complexity index is 900. The van der Waals surface area contributed by atoms with Gasteiger partial charge in [0.05, 0.1) is 6.26 Å². The summed E-state index contributed by atoms with van der Waals surface area (Å²) in [6.45, 7) is 1.30. The average Bonchev–Trinajstić information content (AvgIpc) is 2.56. The number of carbonyl (C=O) groups excluding carboxylic acids is 1. The first-order valence-corrected chi connectivity index (χ1v) is 10.1. The molecule has 0 heterocycles. The van der Waals surface area contributed by atoms with E-state index >= 15 is 0 Å². The molecule has 0 N–H and O–H groups in total. The molecule has 0 aromatic heterocycles. The minimum Gasteiger partial charge on any atom is -0.383 e. The Morgan fingerprint density at radius 1 is 1.07 bits per heavy atom. The Morgan fingerprint density at radius 2 is 1.78 bits per heavy atom. The van der Waals surface area contributed by atoms with Crippen LogP contribution in [0.3, 0.4) is 0 Å². The number of nitrogens with zero attached hydrogens (tertiary/aromatic N) is 2. The fraction of sp³-hybridized carbons (Fsp3) is 0.316. The van der Waals surface area contributed by atoms with Gasteiger partial charge in [0.15, 0.2) is 0 Å². The van der Waals surface area contributed by atoms with E-state index in [2.05, 4.69) is 0 Å². The Labute approximate surface area is 159 Å². The summed E-state index contributed by atoms with van der Waals surface area (Å²) in [5.41, 5.74) is 0.969. The number of likely N-dealkylation sites (N-methyl/N-ethyl adjacent to an activating group) is 1. The van der Waals surface area contributed by atoms with E-state index in [0.717, 1.165) is 6.26 Å². The van der Waals surface area contributed by atoms with Crippen LogP contribution in [0.25, 0.3) is 0 Å². The van der Waals surface area contributed by atoms with Gasteiger partial charge < -0.3 is 14.0 Å². The molecule has 0 aliphatic carbocycles. The largest absolute Gasteiger partial charge is 0.383 e. The van der Waals surface area contributed by atoms with Crippen LogP contribution in [0.15, 0.2) is 48.5 Å². The van der Waals surface area contributed by atoms with Crippen LogP contribution in [0, 0.1) is 5.82 Å². The lowest BCUT2D eigenvalue weighted by molar-refractivity contribution is 0.0731. The van der Waals surface area contributed by atoms with Gasteiger partial charge in [-0.05, 0) is 50.0 Å². The van der Waals surface area contributed by atoms with E-state index in [4.69, 9.17) is 4.18 Å². The summed E-state index contributed by atoms with van der Waals surface area (Å²) >= 11 is 0. The highest BCUT2D eigenvalue weighted by Crippen LogP contribution is 2.18. The maximum Gasteiger partial charge on any atom is 0.306 e. The van der Waals surface area contributed by atoms with Crippen LogP contribution in [-0.2, 0) is 16.7 Å². The van der Waals surface area contributed by atoms with Crippen molar-refractivity contribution in [1.29, 1.82) is 0 Å². The molecule has 0 bridgehead atoms. The maximum absolute atomic E-state index is 13.5. The minimum atomic E-state index is -3.64. The van der Waals surface area contributed by atoms with Crippen molar-refractivity contribution in [2.24, 2.45) is 0 Å². The molecular weight excluding hydrogens is 371 g/mol. The fourth-order valence-electron chi connectivity index (χ4n) is 2.47. The normalized spacial score (nSPS) is 11.4. The summed E-state index contributed by atoms with van der Waals surface area (Å²) in [6, 6.07) is 12.1. The van der Waals surface area contributed by atoms with Crippen molar-refractivity contribution in [3.8, 4) is 5.75 Å². The predicted octanol–water partition coefficient (Wildman–Crippen LogP) is 2.37. The number of carbonyl (C=O) groups is 1. The number of halogens is 1. The topological polar surface area (TPSA) is 66.9 Å². The van der Waals surface area contributed by atoms with E-state index in [1.165, 1.54) is 24.3 Å². The molecule has 0 unspecified atom stereocenters. The van der Waals surface area contributed by atoms with Gasteiger partial charge >= 0.3 is 10.1 Å². The molecule has 0 aliphatic rings. The maximum atomic E-state index is 13.5. The van der Waals surface area contributed by atoms with Crippen LogP contribution < -0.4 is 4.18 Å². The minimum absolute atomic E-state index is 0.181. The van der Waals surface area contributed by atoms with Gasteiger partial charge in [-0.15, -0.1) is 0 Å². The molecule has 0 saturated carbocycles. The van der Waals surface area contributed by atoms with Gasteiger partial charge in [-0.2, -0.15) is 8.42 Å². The van der Waals surface area contributed by atoms with Crippen molar-refractivity contribution in [3.63, 3.8) is 0 Å². The van der Waals surface area contributed by atoms with Crippen molar-refractivity contribution >= 4 is 16.0 Å². The molecular formula is C19H23FN2O4S. The van der Waals surface area contributed by atoms with Crippen LogP contribution >= 0.6 is 0 Å².